The third-order valence-corrected chi connectivity index (χ3v) is 5.92. The van der Waals surface area contributed by atoms with Crippen LogP contribution in [0.3, 0.4) is 0 Å². The van der Waals surface area contributed by atoms with Crippen LogP contribution in [-0.4, -0.2) is 41.9 Å². The summed E-state index contributed by atoms with van der Waals surface area (Å²) in [7, 11) is 0. The summed E-state index contributed by atoms with van der Waals surface area (Å²) in [5.41, 5.74) is 2.22. The van der Waals surface area contributed by atoms with Crippen LogP contribution in [-0.2, 0) is 6.42 Å². The summed E-state index contributed by atoms with van der Waals surface area (Å²) in [5.74, 6) is 0.738. The summed E-state index contributed by atoms with van der Waals surface area (Å²) >= 11 is 0. The number of carbonyl (C=O) groups excluding carboxylic acids is 1. The minimum Gasteiger partial charge on any atom is -0.435 e. The summed E-state index contributed by atoms with van der Waals surface area (Å²) in [6.07, 6.45) is 4.65. The van der Waals surface area contributed by atoms with Crippen molar-refractivity contribution in [2.45, 2.75) is 37.6 Å². The van der Waals surface area contributed by atoms with Crippen molar-refractivity contribution in [2.24, 2.45) is 0 Å². The fourth-order valence-electron chi connectivity index (χ4n) is 4.22. The van der Waals surface area contributed by atoms with Gasteiger partial charge in [0.15, 0.2) is 5.89 Å². The molecule has 10 heteroatoms. The Labute approximate surface area is 174 Å². The molecule has 31 heavy (non-hydrogen) atoms. The highest BCUT2D eigenvalue weighted by Gasteiger charge is 2.38. The molecule has 1 fully saturated rings. The van der Waals surface area contributed by atoms with E-state index in [0.29, 0.717) is 41.7 Å². The second-order valence-corrected chi connectivity index (χ2v) is 7.92. The molecule has 1 amide bonds. The average molecular weight is 424 g/mol. The first-order valence-corrected chi connectivity index (χ1v) is 10.2. The average Bonchev–Trinajstić information content (AvgIpc) is 3.19. The third kappa shape index (κ3) is 2.93. The lowest BCUT2D eigenvalue weighted by molar-refractivity contribution is 0.0652. The van der Waals surface area contributed by atoms with E-state index in [0.717, 1.165) is 18.5 Å². The number of amides is 1. The number of rotatable bonds is 4. The second kappa shape index (κ2) is 6.73. The molecule has 0 radical (unpaired) electrons. The number of pyridine rings is 1. The highest BCUT2D eigenvalue weighted by atomic mass is 19.3. The fraction of sp³-hybridized carbons (Fsp3) is 0.333. The summed E-state index contributed by atoms with van der Waals surface area (Å²) < 4.78 is 34.1. The number of aromatic amines is 1. The van der Waals surface area contributed by atoms with E-state index in [1.807, 2.05) is 0 Å². The molecule has 0 bridgehead atoms. The van der Waals surface area contributed by atoms with Crippen LogP contribution in [0.15, 0.2) is 41.3 Å². The maximum absolute atomic E-state index is 13.5. The summed E-state index contributed by atoms with van der Waals surface area (Å²) in [6.45, 7) is 0.410. The molecule has 8 nitrogen and oxygen atoms in total. The number of oxazole rings is 1. The zero-order valence-electron chi connectivity index (χ0n) is 16.3. The Kier molecular flexibility index (Phi) is 3.95. The van der Waals surface area contributed by atoms with Crippen molar-refractivity contribution in [3.8, 4) is 0 Å². The number of fused-ring (bicyclic) bond motifs is 2. The van der Waals surface area contributed by atoms with Crippen molar-refractivity contribution in [1.29, 1.82) is 0 Å². The Morgan fingerprint density at radius 2 is 2.16 bits per heavy atom. The SMILES string of the molecule is O=C(c1cnc(C2CC2)o1)N1CCc2[nH]cnc2[C@@H]1c1cc2c(C(F)F)cccn2n1. The van der Waals surface area contributed by atoms with Gasteiger partial charge in [-0.15, -0.1) is 0 Å². The Hall–Kier alpha value is -3.56. The van der Waals surface area contributed by atoms with Gasteiger partial charge in [0.05, 0.1) is 29.4 Å². The topological polar surface area (TPSA) is 92.3 Å². The smallest absolute Gasteiger partial charge is 0.292 e. The largest absolute Gasteiger partial charge is 0.435 e. The molecule has 0 aromatic carbocycles. The predicted molar refractivity (Wildman–Crippen MR) is 104 cm³/mol. The quantitative estimate of drug-likeness (QED) is 0.540. The standard InChI is InChI=1S/C21H18F2N6O2/c22-19(23)12-2-1-6-29-15(12)8-14(27-29)18-17-13(25-10-26-17)5-7-28(18)21(30)16-9-24-20(31-16)11-3-4-11/h1-2,6,8-11,18-19H,3-5,7H2,(H,25,26)/t18-/m0/s1. The van der Waals surface area contributed by atoms with Gasteiger partial charge in [0, 0.05) is 36.3 Å². The van der Waals surface area contributed by atoms with Crippen molar-refractivity contribution in [3.05, 3.63) is 71.2 Å². The van der Waals surface area contributed by atoms with Gasteiger partial charge >= 0.3 is 0 Å². The lowest BCUT2D eigenvalue weighted by atomic mass is 9.99. The van der Waals surface area contributed by atoms with Crippen molar-refractivity contribution >= 4 is 11.4 Å². The van der Waals surface area contributed by atoms with Gasteiger partial charge in [-0.2, -0.15) is 5.10 Å². The van der Waals surface area contributed by atoms with Gasteiger partial charge in [0.1, 0.15) is 6.04 Å². The van der Waals surface area contributed by atoms with E-state index in [1.54, 1.807) is 23.5 Å². The van der Waals surface area contributed by atoms with Crippen molar-refractivity contribution < 1.29 is 18.0 Å². The molecule has 1 aliphatic carbocycles. The highest BCUT2D eigenvalue weighted by molar-refractivity contribution is 5.92. The molecule has 1 N–H and O–H groups in total. The maximum Gasteiger partial charge on any atom is 0.292 e. The van der Waals surface area contributed by atoms with Crippen LogP contribution < -0.4 is 0 Å². The Balaban J connectivity index is 1.44. The van der Waals surface area contributed by atoms with E-state index in [-0.39, 0.29) is 17.2 Å². The van der Waals surface area contributed by atoms with Crippen LogP contribution in [0.5, 0.6) is 0 Å². The van der Waals surface area contributed by atoms with Crippen molar-refractivity contribution in [1.82, 2.24) is 29.5 Å². The molecule has 1 atom stereocenters. The number of nitrogens with one attached hydrogen (secondary N) is 1. The van der Waals surface area contributed by atoms with Gasteiger partial charge in [-0.3, -0.25) is 4.79 Å². The van der Waals surface area contributed by atoms with Crippen molar-refractivity contribution in [3.63, 3.8) is 0 Å². The van der Waals surface area contributed by atoms with E-state index in [2.05, 4.69) is 20.1 Å². The van der Waals surface area contributed by atoms with Gasteiger partial charge in [-0.05, 0) is 31.0 Å². The van der Waals surface area contributed by atoms with Crippen LogP contribution in [0.25, 0.3) is 5.52 Å². The Bertz CT molecular complexity index is 1290. The molecule has 0 spiro atoms. The third-order valence-electron chi connectivity index (χ3n) is 5.92. The van der Waals surface area contributed by atoms with Crippen LogP contribution >= 0.6 is 0 Å². The van der Waals surface area contributed by atoms with Crippen LogP contribution in [0.1, 0.15) is 70.3 Å². The van der Waals surface area contributed by atoms with Crippen LogP contribution in [0.4, 0.5) is 8.78 Å². The summed E-state index contributed by atoms with van der Waals surface area (Å²) in [5, 5.41) is 4.52. The number of H-pyrrole nitrogens is 1. The molecule has 6 rings (SSSR count). The number of alkyl halides is 2. The van der Waals surface area contributed by atoms with E-state index in [1.165, 1.54) is 22.8 Å². The molecule has 158 valence electrons. The molecular weight excluding hydrogens is 406 g/mol. The maximum atomic E-state index is 13.5. The number of aromatic nitrogens is 5. The molecule has 4 aromatic heterocycles. The van der Waals surface area contributed by atoms with Gasteiger partial charge in [-0.1, -0.05) is 0 Å². The first kappa shape index (κ1) is 18.2. The van der Waals surface area contributed by atoms with Gasteiger partial charge in [-0.25, -0.2) is 23.3 Å². The Morgan fingerprint density at radius 1 is 1.29 bits per heavy atom. The summed E-state index contributed by atoms with van der Waals surface area (Å²) in [6, 6.07) is 3.89. The fourth-order valence-corrected chi connectivity index (χ4v) is 4.22. The number of imidazole rings is 1. The minimum absolute atomic E-state index is 0.110. The number of hydrogen-bond acceptors (Lipinski definition) is 5. The first-order chi connectivity index (χ1) is 15.1. The number of nitrogens with zero attached hydrogens (tertiary/aromatic N) is 5. The van der Waals surface area contributed by atoms with Crippen LogP contribution in [0, 0.1) is 0 Å². The number of halogens is 2. The first-order valence-electron chi connectivity index (χ1n) is 10.2. The van der Waals surface area contributed by atoms with E-state index in [9.17, 15) is 13.6 Å². The van der Waals surface area contributed by atoms with Crippen LogP contribution in [0.2, 0.25) is 0 Å². The molecule has 2 aliphatic rings. The predicted octanol–water partition coefficient (Wildman–Crippen LogP) is 3.65. The monoisotopic (exact) mass is 424 g/mol. The van der Waals surface area contributed by atoms with Crippen molar-refractivity contribution in [2.75, 3.05) is 6.54 Å². The lowest BCUT2D eigenvalue weighted by Crippen LogP contribution is -2.40. The van der Waals surface area contributed by atoms with E-state index >= 15 is 0 Å². The number of hydrogen-bond donors (Lipinski definition) is 1. The highest BCUT2D eigenvalue weighted by Crippen LogP contribution is 2.40. The summed E-state index contributed by atoms with van der Waals surface area (Å²) in [4.78, 5) is 26.8. The van der Waals surface area contributed by atoms with E-state index < -0.39 is 12.5 Å². The molecule has 4 aromatic rings. The molecule has 5 heterocycles. The van der Waals surface area contributed by atoms with Gasteiger partial charge in [0.2, 0.25) is 5.76 Å². The van der Waals surface area contributed by atoms with Gasteiger partial charge < -0.3 is 14.3 Å². The minimum atomic E-state index is -2.63. The van der Waals surface area contributed by atoms with E-state index in [4.69, 9.17) is 4.42 Å². The number of carbonyl (C=O) groups is 1. The zero-order chi connectivity index (χ0) is 21.1. The lowest BCUT2D eigenvalue weighted by Gasteiger charge is -2.33. The molecule has 0 unspecified atom stereocenters. The van der Waals surface area contributed by atoms with Gasteiger partial charge in [0.25, 0.3) is 12.3 Å². The molecule has 1 saturated carbocycles. The zero-order valence-corrected chi connectivity index (χ0v) is 16.3. The normalized spacial score (nSPS) is 18.7. The second-order valence-electron chi connectivity index (χ2n) is 7.92. The molecular formula is C21H18F2N6O2. The molecule has 0 saturated heterocycles. The Morgan fingerprint density at radius 3 is 2.97 bits per heavy atom. The molecule has 1 aliphatic heterocycles.